The third kappa shape index (κ3) is 4.05. The number of halogens is 2. The molecule has 6 N–H and O–H groups in total. The van der Waals surface area contributed by atoms with Crippen molar-refractivity contribution in [3.63, 3.8) is 0 Å². The number of carbonyl (C=O) groups excluding carboxylic acids is 1. The van der Waals surface area contributed by atoms with Crippen LogP contribution in [0.25, 0.3) is 0 Å². The van der Waals surface area contributed by atoms with Crippen LogP contribution in [-0.4, -0.2) is 28.0 Å². The molecule has 7 nitrogen and oxygen atoms in total. The molecule has 26 heavy (non-hydrogen) atoms. The summed E-state index contributed by atoms with van der Waals surface area (Å²) in [6.07, 6.45) is 6.07. The third-order valence-corrected chi connectivity index (χ3v) is 4.35. The van der Waals surface area contributed by atoms with Crippen molar-refractivity contribution in [2.24, 2.45) is 11.5 Å². The summed E-state index contributed by atoms with van der Waals surface area (Å²) in [6, 6.07) is 1.95. The van der Waals surface area contributed by atoms with Gasteiger partial charge in [0.25, 0.3) is 5.91 Å². The summed E-state index contributed by atoms with van der Waals surface area (Å²) < 4.78 is 27.7. The highest BCUT2D eigenvalue weighted by Crippen LogP contribution is 2.26. The van der Waals surface area contributed by atoms with E-state index in [1.807, 2.05) is 0 Å². The molecule has 0 aliphatic heterocycles. The van der Waals surface area contributed by atoms with Gasteiger partial charge in [-0.1, -0.05) is 12.8 Å². The Labute approximate surface area is 149 Å². The lowest BCUT2D eigenvalue weighted by molar-refractivity contribution is 0.100. The van der Waals surface area contributed by atoms with Gasteiger partial charge >= 0.3 is 0 Å². The first-order chi connectivity index (χ1) is 12.4. The Morgan fingerprint density at radius 3 is 2.62 bits per heavy atom. The van der Waals surface area contributed by atoms with Gasteiger partial charge < -0.3 is 22.1 Å². The first-order valence-corrected chi connectivity index (χ1v) is 8.34. The molecule has 1 amide bonds. The van der Waals surface area contributed by atoms with Crippen molar-refractivity contribution in [1.29, 1.82) is 0 Å². The lowest BCUT2D eigenvalue weighted by atomic mass is 9.91. The molecule has 2 aromatic heterocycles. The molecule has 0 saturated heterocycles. The van der Waals surface area contributed by atoms with Gasteiger partial charge in [-0.3, -0.25) is 9.78 Å². The molecule has 0 bridgehead atoms. The van der Waals surface area contributed by atoms with E-state index in [4.69, 9.17) is 11.5 Å². The first kappa shape index (κ1) is 18.0. The Balaban J connectivity index is 1.92. The van der Waals surface area contributed by atoms with Gasteiger partial charge in [0.15, 0.2) is 11.6 Å². The molecule has 2 unspecified atom stereocenters. The summed E-state index contributed by atoms with van der Waals surface area (Å²) in [5, 5.41) is 5.77. The monoisotopic (exact) mass is 362 g/mol. The minimum Gasteiger partial charge on any atom is -0.365 e. The highest BCUT2D eigenvalue weighted by atomic mass is 19.1. The second-order valence-electron chi connectivity index (χ2n) is 6.30. The van der Waals surface area contributed by atoms with Crippen molar-refractivity contribution < 1.29 is 13.6 Å². The first-order valence-electron chi connectivity index (χ1n) is 8.34. The smallest absolute Gasteiger partial charge is 0.252 e. The quantitative estimate of drug-likeness (QED) is 0.648. The lowest BCUT2D eigenvalue weighted by Crippen LogP contribution is -2.43. The third-order valence-electron chi connectivity index (χ3n) is 4.35. The van der Waals surface area contributed by atoms with Crippen molar-refractivity contribution in [2.45, 2.75) is 37.8 Å². The SMILES string of the molecule is NC(=O)c1cc(F)c(NC2CCCCC2N)nc1Nc1cncc(F)c1. The van der Waals surface area contributed by atoms with Crippen molar-refractivity contribution in [2.75, 3.05) is 10.6 Å². The summed E-state index contributed by atoms with van der Waals surface area (Å²) in [7, 11) is 0. The number of carbonyl (C=O) groups is 1. The maximum absolute atomic E-state index is 14.4. The second-order valence-corrected chi connectivity index (χ2v) is 6.30. The van der Waals surface area contributed by atoms with Crippen LogP contribution in [0.1, 0.15) is 36.0 Å². The summed E-state index contributed by atoms with van der Waals surface area (Å²) in [4.78, 5) is 19.5. The number of rotatable bonds is 5. The normalized spacial score (nSPS) is 19.8. The molecule has 9 heteroatoms. The molecular weight excluding hydrogens is 342 g/mol. The molecule has 2 aromatic rings. The number of pyridine rings is 2. The molecule has 1 aliphatic rings. The Bertz CT molecular complexity index is 816. The highest BCUT2D eigenvalue weighted by molar-refractivity contribution is 5.98. The zero-order valence-electron chi connectivity index (χ0n) is 14.0. The van der Waals surface area contributed by atoms with Crippen LogP contribution in [0.2, 0.25) is 0 Å². The molecule has 0 aromatic carbocycles. The molecule has 1 saturated carbocycles. The number of anilines is 3. The van der Waals surface area contributed by atoms with Gasteiger partial charge in [-0.05, 0) is 18.9 Å². The second kappa shape index (κ2) is 7.61. The van der Waals surface area contributed by atoms with E-state index in [1.54, 1.807) is 0 Å². The van der Waals surface area contributed by atoms with E-state index in [-0.39, 0.29) is 35.0 Å². The number of primary amides is 1. The highest BCUT2D eigenvalue weighted by Gasteiger charge is 2.24. The number of aromatic nitrogens is 2. The number of amides is 1. The van der Waals surface area contributed by atoms with Crippen molar-refractivity contribution in [3.8, 4) is 0 Å². The van der Waals surface area contributed by atoms with E-state index in [0.717, 1.165) is 37.9 Å². The fourth-order valence-electron chi connectivity index (χ4n) is 3.00. The largest absolute Gasteiger partial charge is 0.365 e. The number of nitrogens with one attached hydrogen (secondary N) is 2. The molecular formula is C17H20F2N6O. The molecule has 3 rings (SSSR count). The summed E-state index contributed by atoms with van der Waals surface area (Å²) in [5.41, 5.74) is 11.5. The summed E-state index contributed by atoms with van der Waals surface area (Å²) >= 11 is 0. The summed E-state index contributed by atoms with van der Waals surface area (Å²) in [6.45, 7) is 0. The van der Waals surface area contributed by atoms with Gasteiger partial charge in [0.05, 0.1) is 23.6 Å². The maximum Gasteiger partial charge on any atom is 0.252 e. The molecule has 2 atom stereocenters. The van der Waals surface area contributed by atoms with Gasteiger partial charge in [0.2, 0.25) is 0 Å². The van der Waals surface area contributed by atoms with Gasteiger partial charge in [0.1, 0.15) is 11.6 Å². The zero-order valence-corrected chi connectivity index (χ0v) is 14.0. The van der Waals surface area contributed by atoms with Crippen LogP contribution in [-0.2, 0) is 0 Å². The average Bonchev–Trinajstić information content (AvgIpc) is 2.59. The van der Waals surface area contributed by atoms with Crippen LogP contribution in [0.4, 0.5) is 26.1 Å². The van der Waals surface area contributed by atoms with E-state index in [0.29, 0.717) is 0 Å². The topological polar surface area (TPSA) is 119 Å². The van der Waals surface area contributed by atoms with E-state index in [1.165, 1.54) is 12.3 Å². The Morgan fingerprint density at radius 2 is 1.92 bits per heavy atom. The number of hydrogen-bond donors (Lipinski definition) is 4. The van der Waals surface area contributed by atoms with Crippen LogP contribution in [0, 0.1) is 11.6 Å². The van der Waals surface area contributed by atoms with Crippen LogP contribution >= 0.6 is 0 Å². The van der Waals surface area contributed by atoms with Crippen LogP contribution < -0.4 is 22.1 Å². The fourth-order valence-corrected chi connectivity index (χ4v) is 3.00. The molecule has 0 radical (unpaired) electrons. The van der Waals surface area contributed by atoms with Crippen molar-refractivity contribution in [3.05, 3.63) is 41.7 Å². The number of nitrogens with zero attached hydrogens (tertiary/aromatic N) is 2. The van der Waals surface area contributed by atoms with Crippen molar-refractivity contribution >= 4 is 23.2 Å². The lowest BCUT2D eigenvalue weighted by Gasteiger charge is -2.30. The fraction of sp³-hybridized carbons (Fsp3) is 0.353. The van der Waals surface area contributed by atoms with Crippen molar-refractivity contribution in [1.82, 2.24) is 9.97 Å². The minimum absolute atomic E-state index is 0.0122. The molecule has 0 spiro atoms. The van der Waals surface area contributed by atoms with Gasteiger partial charge in [-0.25, -0.2) is 13.8 Å². The van der Waals surface area contributed by atoms with Gasteiger partial charge in [-0.15, -0.1) is 0 Å². The Morgan fingerprint density at radius 1 is 1.15 bits per heavy atom. The molecule has 2 heterocycles. The van der Waals surface area contributed by atoms with Gasteiger partial charge in [0, 0.05) is 18.2 Å². The van der Waals surface area contributed by atoms with Crippen LogP contribution in [0.5, 0.6) is 0 Å². The summed E-state index contributed by atoms with van der Waals surface area (Å²) in [5.74, 6) is -2.16. The maximum atomic E-state index is 14.4. The predicted octanol–water partition coefficient (Wildman–Crippen LogP) is 2.28. The molecule has 138 valence electrons. The van der Waals surface area contributed by atoms with E-state index >= 15 is 0 Å². The average molecular weight is 362 g/mol. The number of nitrogens with two attached hydrogens (primary N) is 2. The standard InChI is InChI=1S/C17H20F2N6O/c18-9-5-10(8-22-7-9)23-16-11(15(21)26)6-12(19)17(25-16)24-14-4-2-1-3-13(14)20/h5-8,13-14H,1-4,20H2,(H2,21,26)(H2,23,24,25). The van der Waals surface area contributed by atoms with E-state index in [2.05, 4.69) is 20.6 Å². The van der Waals surface area contributed by atoms with E-state index in [9.17, 15) is 13.6 Å². The molecule has 1 fully saturated rings. The zero-order chi connectivity index (χ0) is 18.7. The minimum atomic E-state index is -0.857. The van der Waals surface area contributed by atoms with Crippen LogP contribution in [0.3, 0.4) is 0 Å². The Hall–Kier alpha value is -2.81. The predicted molar refractivity (Wildman–Crippen MR) is 94.0 cm³/mol. The van der Waals surface area contributed by atoms with Gasteiger partial charge in [-0.2, -0.15) is 0 Å². The van der Waals surface area contributed by atoms with Crippen LogP contribution in [0.15, 0.2) is 24.5 Å². The number of hydrogen-bond acceptors (Lipinski definition) is 6. The molecule has 1 aliphatic carbocycles. The van der Waals surface area contributed by atoms with E-state index < -0.39 is 17.5 Å². The Kier molecular flexibility index (Phi) is 5.27.